The number of benzene rings is 1. The highest BCUT2D eigenvalue weighted by atomic mass is 79.9. The quantitative estimate of drug-likeness (QED) is 0.789. The highest BCUT2D eigenvalue weighted by molar-refractivity contribution is 9.10. The van der Waals surface area contributed by atoms with Crippen LogP contribution < -0.4 is 5.56 Å². The summed E-state index contributed by atoms with van der Waals surface area (Å²) in [5.74, 6) is 0. The van der Waals surface area contributed by atoms with Crippen LogP contribution in [-0.4, -0.2) is 9.97 Å². The molecule has 0 aliphatic rings. The Hall–Kier alpha value is -0.870. The second kappa shape index (κ2) is 3.12. The summed E-state index contributed by atoms with van der Waals surface area (Å²) in [5, 5.41) is 0.987. The molecule has 0 saturated heterocycles. The molecule has 3 nitrogen and oxygen atoms in total. The number of aromatic amines is 1. The van der Waals surface area contributed by atoms with Gasteiger partial charge in [-0.3, -0.25) is 4.79 Å². The van der Waals surface area contributed by atoms with Gasteiger partial charge in [0.2, 0.25) is 0 Å². The van der Waals surface area contributed by atoms with Gasteiger partial charge in [-0.1, -0.05) is 11.6 Å². The van der Waals surface area contributed by atoms with Gasteiger partial charge >= 0.3 is 0 Å². The van der Waals surface area contributed by atoms with Crippen LogP contribution in [0.5, 0.6) is 0 Å². The first-order valence-electron chi connectivity index (χ1n) is 3.51. The summed E-state index contributed by atoms with van der Waals surface area (Å²) in [6.45, 7) is 0. The molecule has 5 heteroatoms. The monoisotopic (exact) mass is 258 g/mol. The smallest absolute Gasteiger partial charge is 0.259 e. The average molecular weight is 259 g/mol. The van der Waals surface area contributed by atoms with E-state index in [1.807, 2.05) is 0 Å². The van der Waals surface area contributed by atoms with E-state index in [9.17, 15) is 4.79 Å². The van der Waals surface area contributed by atoms with Crippen molar-refractivity contribution in [2.45, 2.75) is 0 Å². The zero-order chi connectivity index (χ0) is 9.42. The van der Waals surface area contributed by atoms with E-state index in [-0.39, 0.29) is 5.56 Å². The largest absolute Gasteiger partial charge is 0.313 e. The van der Waals surface area contributed by atoms with E-state index in [4.69, 9.17) is 11.6 Å². The second-order valence-corrected chi connectivity index (χ2v) is 3.69. The Bertz CT molecular complexity index is 523. The van der Waals surface area contributed by atoms with Crippen molar-refractivity contribution in [3.8, 4) is 0 Å². The number of halogens is 2. The maximum atomic E-state index is 11.4. The molecular weight excluding hydrogens is 255 g/mol. The summed E-state index contributed by atoms with van der Waals surface area (Å²) >= 11 is 9.07. The molecule has 13 heavy (non-hydrogen) atoms. The topological polar surface area (TPSA) is 45.8 Å². The molecule has 0 radical (unpaired) electrons. The molecule has 0 spiro atoms. The molecule has 1 heterocycles. The summed E-state index contributed by atoms with van der Waals surface area (Å²) in [6, 6.07) is 3.40. The van der Waals surface area contributed by atoms with E-state index < -0.39 is 0 Å². The number of hydrogen-bond donors (Lipinski definition) is 1. The van der Waals surface area contributed by atoms with Crippen LogP contribution in [0.3, 0.4) is 0 Å². The third kappa shape index (κ3) is 1.36. The average Bonchev–Trinajstić information content (AvgIpc) is 2.12. The molecule has 0 aliphatic heterocycles. The number of fused-ring (bicyclic) bond motifs is 1. The molecule has 0 atom stereocenters. The van der Waals surface area contributed by atoms with Crippen molar-refractivity contribution >= 4 is 38.4 Å². The molecule has 0 unspecified atom stereocenters. The third-order valence-electron chi connectivity index (χ3n) is 1.70. The lowest BCUT2D eigenvalue weighted by Gasteiger charge is -1.99. The van der Waals surface area contributed by atoms with Gasteiger partial charge < -0.3 is 4.98 Å². The van der Waals surface area contributed by atoms with Crippen LogP contribution in [0.2, 0.25) is 5.02 Å². The van der Waals surface area contributed by atoms with Gasteiger partial charge in [-0.05, 0) is 28.1 Å². The Morgan fingerprint density at radius 2 is 2.23 bits per heavy atom. The zero-order valence-corrected chi connectivity index (χ0v) is 8.69. The van der Waals surface area contributed by atoms with Gasteiger partial charge in [0, 0.05) is 0 Å². The van der Waals surface area contributed by atoms with Gasteiger partial charge in [0.25, 0.3) is 5.56 Å². The normalized spacial score (nSPS) is 10.6. The fraction of sp³-hybridized carbons (Fsp3) is 0. The van der Waals surface area contributed by atoms with Crippen LogP contribution in [0.1, 0.15) is 0 Å². The minimum absolute atomic E-state index is 0.195. The Kier molecular flexibility index (Phi) is 2.09. The van der Waals surface area contributed by atoms with Crippen molar-refractivity contribution in [2.75, 3.05) is 0 Å². The SMILES string of the molecule is O=c1[nH]cnc2ccc(Cl)c(Br)c12. The second-order valence-electron chi connectivity index (χ2n) is 2.49. The van der Waals surface area contributed by atoms with Crippen molar-refractivity contribution < 1.29 is 0 Å². The Balaban J connectivity index is 3.06. The van der Waals surface area contributed by atoms with Crippen LogP contribution in [0.15, 0.2) is 27.7 Å². The predicted molar refractivity (Wildman–Crippen MR) is 55.1 cm³/mol. The molecule has 1 aromatic heterocycles. The first-order valence-corrected chi connectivity index (χ1v) is 4.68. The van der Waals surface area contributed by atoms with E-state index in [1.54, 1.807) is 12.1 Å². The number of H-pyrrole nitrogens is 1. The summed E-state index contributed by atoms with van der Waals surface area (Å²) in [7, 11) is 0. The summed E-state index contributed by atoms with van der Waals surface area (Å²) in [6.07, 6.45) is 1.37. The lowest BCUT2D eigenvalue weighted by atomic mass is 10.2. The van der Waals surface area contributed by atoms with Crippen LogP contribution in [0.4, 0.5) is 0 Å². The maximum absolute atomic E-state index is 11.4. The zero-order valence-electron chi connectivity index (χ0n) is 6.34. The Labute approximate surface area is 86.9 Å². The third-order valence-corrected chi connectivity index (χ3v) is 3.07. The summed E-state index contributed by atoms with van der Waals surface area (Å²) in [4.78, 5) is 17.9. The molecule has 0 amide bonds. The van der Waals surface area contributed by atoms with Crippen molar-refractivity contribution in [2.24, 2.45) is 0 Å². The van der Waals surface area contributed by atoms with E-state index in [0.29, 0.717) is 20.4 Å². The molecule has 2 rings (SSSR count). The highest BCUT2D eigenvalue weighted by Gasteiger charge is 2.06. The van der Waals surface area contributed by atoms with Crippen LogP contribution in [-0.2, 0) is 0 Å². The van der Waals surface area contributed by atoms with Crippen molar-refractivity contribution in [3.63, 3.8) is 0 Å². The molecule has 2 aromatic rings. The van der Waals surface area contributed by atoms with Gasteiger partial charge in [-0.15, -0.1) is 0 Å². The minimum atomic E-state index is -0.195. The van der Waals surface area contributed by atoms with Crippen molar-refractivity contribution in [3.05, 3.63) is 38.3 Å². The Morgan fingerprint density at radius 1 is 1.46 bits per heavy atom. The predicted octanol–water partition coefficient (Wildman–Crippen LogP) is 2.34. The van der Waals surface area contributed by atoms with Gasteiger partial charge in [0.15, 0.2) is 0 Å². The fourth-order valence-electron chi connectivity index (χ4n) is 1.10. The molecule has 0 saturated carbocycles. The highest BCUT2D eigenvalue weighted by Crippen LogP contribution is 2.27. The Morgan fingerprint density at radius 3 is 3.00 bits per heavy atom. The van der Waals surface area contributed by atoms with Gasteiger partial charge in [0.05, 0.1) is 26.7 Å². The van der Waals surface area contributed by atoms with E-state index >= 15 is 0 Å². The first kappa shape index (κ1) is 8.72. The van der Waals surface area contributed by atoms with Crippen LogP contribution in [0.25, 0.3) is 10.9 Å². The number of aromatic nitrogens is 2. The minimum Gasteiger partial charge on any atom is -0.313 e. The maximum Gasteiger partial charge on any atom is 0.259 e. The van der Waals surface area contributed by atoms with Crippen molar-refractivity contribution in [1.29, 1.82) is 0 Å². The van der Waals surface area contributed by atoms with E-state index in [1.165, 1.54) is 6.33 Å². The number of hydrogen-bond acceptors (Lipinski definition) is 2. The number of nitrogens with zero attached hydrogens (tertiary/aromatic N) is 1. The van der Waals surface area contributed by atoms with Crippen LogP contribution in [0, 0.1) is 0 Å². The molecule has 0 fully saturated rings. The lowest BCUT2D eigenvalue weighted by molar-refractivity contribution is 1.17. The molecule has 66 valence electrons. The molecule has 0 aliphatic carbocycles. The number of rotatable bonds is 0. The van der Waals surface area contributed by atoms with Gasteiger partial charge in [-0.25, -0.2) is 4.98 Å². The van der Waals surface area contributed by atoms with Gasteiger partial charge in [0.1, 0.15) is 0 Å². The molecule has 1 aromatic carbocycles. The molecule has 0 bridgehead atoms. The first-order chi connectivity index (χ1) is 6.20. The summed E-state index contributed by atoms with van der Waals surface area (Å²) < 4.78 is 0.584. The standard InChI is InChI=1S/C8H4BrClN2O/c9-7-4(10)1-2-5-6(7)8(13)12-3-11-5/h1-3H,(H,11,12,13). The van der Waals surface area contributed by atoms with Crippen LogP contribution >= 0.6 is 27.5 Å². The number of nitrogens with one attached hydrogen (secondary N) is 1. The van der Waals surface area contributed by atoms with E-state index in [2.05, 4.69) is 25.9 Å². The van der Waals surface area contributed by atoms with Crippen molar-refractivity contribution in [1.82, 2.24) is 9.97 Å². The van der Waals surface area contributed by atoms with E-state index in [0.717, 1.165) is 0 Å². The molecule has 1 N–H and O–H groups in total. The molecular formula is C8H4BrClN2O. The summed E-state index contributed by atoms with van der Waals surface area (Å²) in [5.41, 5.74) is 0.430. The fourth-order valence-corrected chi connectivity index (χ4v) is 1.77. The lowest BCUT2D eigenvalue weighted by Crippen LogP contribution is -2.06. The van der Waals surface area contributed by atoms with Gasteiger partial charge in [-0.2, -0.15) is 0 Å².